The molecule has 3 rings (SSSR count). The van der Waals surface area contributed by atoms with E-state index in [0.717, 1.165) is 42.6 Å². The van der Waals surface area contributed by atoms with Crippen molar-refractivity contribution in [2.24, 2.45) is 0 Å². The molecule has 0 atom stereocenters. The lowest BCUT2D eigenvalue weighted by Crippen LogP contribution is -2.32. The Morgan fingerprint density at radius 3 is 2.89 bits per heavy atom. The van der Waals surface area contributed by atoms with Gasteiger partial charge in [-0.2, -0.15) is 0 Å². The molecule has 1 aromatic carbocycles. The zero-order valence-electron chi connectivity index (χ0n) is 11.5. The van der Waals surface area contributed by atoms with E-state index in [9.17, 15) is 0 Å². The Kier molecular flexibility index (Phi) is 3.53. The van der Waals surface area contributed by atoms with Gasteiger partial charge < -0.3 is 14.5 Å². The molecule has 1 N–H and O–H groups in total. The van der Waals surface area contributed by atoms with E-state index in [2.05, 4.69) is 36.3 Å². The van der Waals surface area contributed by atoms with Crippen LogP contribution < -0.4 is 5.32 Å². The van der Waals surface area contributed by atoms with Gasteiger partial charge in [0, 0.05) is 0 Å². The summed E-state index contributed by atoms with van der Waals surface area (Å²) < 4.78 is 11.7. The zero-order valence-corrected chi connectivity index (χ0v) is 11.5. The number of nitrogens with zero attached hydrogens (tertiary/aromatic N) is 1. The highest BCUT2D eigenvalue weighted by Crippen LogP contribution is 2.22. The van der Waals surface area contributed by atoms with E-state index in [1.54, 1.807) is 0 Å². The van der Waals surface area contributed by atoms with E-state index in [0.29, 0.717) is 18.6 Å². The standard InChI is InChI=1S/C15H20N2O2/c1-10-7-11(2)15-13(8-10)17-14(19-15)9-18-12-3-5-16-6-4-12/h7-8,12,16H,3-6,9H2,1-2H3. The molecule has 0 unspecified atom stereocenters. The summed E-state index contributed by atoms with van der Waals surface area (Å²) in [5, 5.41) is 3.33. The fourth-order valence-electron chi connectivity index (χ4n) is 2.64. The summed E-state index contributed by atoms with van der Waals surface area (Å²) >= 11 is 0. The van der Waals surface area contributed by atoms with Crippen LogP contribution in [0.15, 0.2) is 16.5 Å². The molecule has 0 spiro atoms. The molecule has 1 saturated heterocycles. The maximum absolute atomic E-state index is 5.87. The van der Waals surface area contributed by atoms with Crippen molar-refractivity contribution in [2.75, 3.05) is 13.1 Å². The Morgan fingerprint density at radius 2 is 2.11 bits per heavy atom. The average molecular weight is 260 g/mol. The topological polar surface area (TPSA) is 47.3 Å². The van der Waals surface area contributed by atoms with E-state index in [1.165, 1.54) is 5.56 Å². The minimum Gasteiger partial charge on any atom is -0.438 e. The van der Waals surface area contributed by atoms with Crippen molar-refractivity contribution in [3.8, 4) is 0 Å². The second-order valence-corrected chi connectivity index (χ2v) is 5.30. The Morgan fingerprint density at radius 1 is 1.32 bits per heavy atom. The number of fused-ring (bicyclic) bond motifs is 1. The normalized spacial score (nSPS) is 17.2. The smallest absolute Gasteiger partial charge is 0.221 e. The number of hydrogen-bond acceptors (Lipinski definition) is 4. The van der Waals surface area contributed by atoms with Gasteiger partial charge >= 0.3 is 0 Å². The van der Waals surface area contributed by atoms with Crippen LogP contribution in [0.5, 0.6) is 0 Å². The highest BCUT2D eigenvalue weighted by atomic mass is 16.5. The minimum absolute atomic E-state index is 0.332. The van der Waals surface area contributed by atoms with Gasteiger partial charge in [0.05, 0.1) is 6.10 Å². The van der Waals surface area contributed by atoms with E-state index in [1.807, 2.05) is 0 Å². The fourth-order valence-corrected chi connectivity index (χ4v) is 2.64. The van der Waals surface area contributed by atoms with Gasteiger partial charge in [-0.1, -0.05) is 6.07 Å². The number of rotatable bonds is 3. The molecular formula is C15H20N2O2. The Balaban J connectivity index is 1.72. The summed E-state index contributed by atoms with van der Waals surface area (Å²) in [7, 11) is 0. The minimum atomic E-state index is 0.332. The average Bonchev–Trinajstić information content (AvgIpc) is 2.81. The molecule has 0 saturated carbocycles. The van der Waals surface area contributed by atoms with Crippen molar-refractivity contribution in [1.82, 2.24) is 10.3 Å². The lowest BCUT2D eigenvalue weighted by Gasteiger charge is -2.22. The second-order valence-electron chi connectivity index (χ2n) is 5.30. The molecule has 0 amide bonds. The first-order chi connectivity index (χ1) is 9.22. The Hall–Kier alpha value is -1.39. The summed E-state index contributed by atoms with van der Waals surface area (Å²) in [5.41, 5.74) is 4.16. The molecule has 1 aliphatic heterocycles. The third-order valence-corrected chi connectivity index (χ3v) is 3.59. The van der Waals surface area contributed by atoms with E-state index in [-0.39, 0.29) is 0 Å². The van der Waals surface area contributed by atoms with Crippen LogP contribution in [-0.2, 0) is 11.3 Å². The lowest BCUT2D eigenvalue weighted by atomic mass is 10.1. The van der Waals surface area contributed by atoms with Crippen LogP contribution in [0.4, 0.5) is 0 Å². The molecule has 102 valence electrons. The molecule has 1 aromatic heterocycles. The number of aryl methyl sites for hydroxylation is 2. The van der Waals surface area contributed by atoms with Crippen molar-refractivity contribution in [3.05, 3.63) is 29.2 Å². The second kappa shape index (κ2) is 5.31. The lowest BCUT2D eigenvalue weighted by molar-refractivity contribution is 0.0113. The molecule has 19 heavy (non-hydrogen) atoms. The molecule has 4 nitrogen and oxygen atoms in total. The fraction of sp³-hybridized carbons (Fsp3) is 0.533. The van der Waals surface area contributed by atoms with Gasteiger partial charge in [0.2, 0.25) is 5.89 Å². The van der Waals surface area contributed by atoms with Crippen LogP contribution in [0.3, 0.4) is 0 Å². The van der Waals surface area contributed by atoms with Crippen molar-refractivity contribution in [2.45, 2.75) is 39.4 Å². The van der Waals surface area contributed by atoms with Crippen LogP contribution >= 0.6 is 0 Å². The first kappa shape index (κ1) is 12.6. The summed E-state index contributed by atoms with van der Waals surface area (Å²) in [4.78, 5) is 4.51. The molecule has 2 heterocycles. The number of benzene rings is 1. The maximum Gasteiger partial charge on any atom is 0.221 e. The molecule has 0 bridgehead atoms. The Labute approximate surface area is 113 Å². The van der Waals surface area contributed by atoms with Crippen LogP contribution in [0.1, 0.15) is 29.9 Å². The first-order valence-corrected chi connectivity index (χ1v) is 6.91. The number of nitrogens with one attached hydrogen (secondary N) is 1. The quantitative estimate of drug-likeness (QED) is 0.921. The van der Waals surface area contributed by atoms with Crippen molar-refractivity contribution < 1.29 is 9.15 Å². The van der Waals surface area contributed by atoms with Crippen LogP contribution in [0.2, 0.25) is 0 Å². The van der Waals surface area contributed by atoms with E-state index in [4.69, 9.17) is 9.15 Å². The van der Waals surface area contributed by atoms with Crippen LogP contribution in [-0.4, -0.2) is 24.2 Å². The number of oxazole rings is 1. The highest BCUT2D eigenvalue weighted by Gasteiger charge is 2.15. The SMILES string of the molecule is Cc1cc(C)c2oc(COC3CCNCC3)nc2c1. The molecule has 0 radical (unpaired) electrons. The zero-order chi connectivity index (χ0) is 13.2. The molecule has 4 heteroatoms. The van der Waals surface area contributed by atoms with Gasteiger partial charge in [-0.05, 0) is 57.0 Å². The maximum atomic E-state index is 5.87. The summed E-state index contributed by atoms with van der Waals surface area (Å²) in [6.07, 6.45) is 2.47. The van der Waals surface area contributed by atoms with E-state index < -0.39 is 0 Å². The van der Waals surface area contributed by atoms with Gasteiger partial charge in [0.1, 0.15) is 12.1 Å². The molecular weight excluding hydrogens is 240 g/mol. The van der Waals surface area contributed by atoms with Crippen molar-refractivity contribution in [3.63, 3.8) is 0 Å². The first-order valence-electron chi connectivity index (χ1n) is 6.91. The van der Waals surface area contributed by atoms with Crippen LogP contribution in [0.25, 0.3) is 11.1 Å². The number of ether oxygens (including phenoxy) is 1. The van der Waals surface area contributed by atoms with Crippen LogP contribution in [0, 0.1) is 13.8 Å². The highest BCUT2D eigenvalue weighted by molar-refractivity contribution is 5.77. The number of aromatic nitrogens is 1. The van der Waals surface area contributed by atoms with Gasteiger partial charge in [0.15, 0.2) is 5.58 Å². The molecule has 0 aliphatic carbocycles. The summed E-state index contributed by atoms with van der Waals surface area (Å²) in [6, 6.07) is 4.17. The third-order valence-electron chi connectivity index (χ3n) is 3.59. The van der Waals surface area contributed by atoms with Gasteiger partial charge in [-0.3, -0.25) is 0 Å². The molecule has 2 aromatic rings. The third kappa shape index (κ3) is 2.80. The largest absolute Gasteiger partial charge is 0.438 e. The predicted molar refractivity (Wildman–Crippen MR) is 74.2 cm³/mol. The molecule has 1 aliphatic rings. The van der Waals surface area contributed by atoms with E-state index >= 15 is 0 Å². The van der Waals surface area contributed by atoms with Crippen molar-refractivity contribution in [1.29, 1.82) is 0 Å². The van der Waals surface area contributed by atoms with Gasteiger partial charge in [0.25, 0.3) is 0 Å². The number of piperidine rings is 1. The monoisotopic (exact) mass is 260 g/mol. The van der Waals surface area contributed by atoms with Crippen molar-refractivity contribution >= 4 is 11.1 Å². The summed E-state index contributed by atoms with van der Waals surface area (Å²) in [5.74, 6) is 0.683. The molecule has 1 fully saturated rings. The predicted octanol–water partition coefficient (Wildman–Crippen LogP) is 2.71. The van der Waals surface area contributed by atoms with Gasteiger partial charge in [-0.15, -0.1) is 0 Å². The van der Waals surface area contributed by atoms with Gasteiger partial charge in [-0.25, -0.2) is 4.98 Å². The number of hydrogen-bond donors (Lipinski definition) is 1. The summed E-state index contributed by atoms with van der Waals surface area (Å²) in [6.45, 7) is 6.68. The Bertz CT molecular complexity index is 571.